The maximum atomic E-state index is 6.25. The molecular formula is C15H23Cl2NO. The zero-order valence-electron chi connectivity index (χ0n) is 11.7. The Labute approximate surface area is 126 Å². The largest absolute Gasteiger partial charge is 0.377 e. The van der Waals surface area contributed by atoms with Crippen LogP contribution in [0.2, 0.25) is 0 Å². The number of halogens is 2. The van der Waals surface area contributed by atoms with Crippen LogP contribution in [0.4, 0.5) is 0 Å². The van der Waals surface area contributed by atoms with Crippen LogP contribution in [-0.4, -0.2) is 26.3 Å². The van der Waals surface area contributed by atoms with E-state index in [0.29, 0.717) is 16.9 Å². The molecule has 2 rings (SSSR count). The summed E-state index contributed by atoms with van der Waals surface area (Å²) in [6.45, 7) is 0.993. The van der Waals surface area contributed by atoms with Crippen LogP contribution < -0.4 is 5.32 Å². The molecule has 0 saturated heterocycles. The van der Waals surface area contributed by atoms with Crippen molar-refractivity contribution in [2.45, 2.75) is 37.7 Å². The summed E-state index contributed by atoms with van der Waals surface area (Å²) in [5.41, 5.74) is -0.102. The van der Waals surface area contributed by atoms with Gasteiger partial charge in [0.05, 0.1) is 10.6 Å². The number of methoxy groups -OCH3 is 1. The zero-order chi connectivity index (χ0) is 13.9. The van der Waals surface area contributed by atoms with Crippen molar-refractivity contribution in [1.29, 1.82) is 0 Å². The second-order valence-electron chi connectivity index (χ2n) is 5.58. The highest BCUT2D eigenvalue weighted by molar-refractivity contribution is 6.40. The fraction of sp³-hybridized carbons (Fsp3) is 0.733. The Bertz CT molecular complexity index is 378. The second kappa shape index (κ2) is 6.62. The normalized spacial score (nSPS) is 35.8. The Morgan fingerprint density at radius 3 is 2.84 bits per heavy atom. The van der Waals surface area contributed by atoms with Crippen LogP contribution in [-0.2, 0) is 4.74 Å². The van der Waals surface area contributed by atoms with Crippen LogP contribution in [0.1, 0.15) is 32.1 Å². The quantitative estimate of drug-likeness (QED) is 0.846. The molecule has 1 fully saturated rings. The minimum absolute atomic E-state index is 0.102. The Morgan fingerprint density at radius 1 is 1.42 bits per heavy atom. The molecule has 2 nitrogen and oxygen atoms in total. The molecule has 0 radical (unpaired) electrons. The van der Waals surface area contributed by atoms with E-state index in [1.807, 2.05) is 20.2 Å². The smallest absolute Gasteiger partial charge is 0.0784 e. The lowest BCUT2D eigenvalue weighted by atomic mass is 9.66. The maximum absolute atomic E-state index is 6.25. The molecule has 0 aliphatic heterocycles. The molecule has 1 unspecified atom stereocenters. The van der Waals surface area contributed by atoms with Crippen LogP contribution >= 0.6 is 23.2 Å². The van der Waals surface area contributed by atoms with Crippen molar-refractivity contribution in [3.8, 4) is 0 Å². The van der Waals surface area contributed by atoms with E-state index in [1.165, 1.54) is 19.3 Å². The Kier molecular flexibility index (Phi) is 5.36. The number of ether oxygens (including phenoxy) is 1. The van der Waals surface area contributed by atoms with Crippen molar-refractivity contribution < 1.29 is 4.74 Å². The standard InChI is InChI=1S/C15H23Cl2NO/c1-18-10-12-5-3-4-8-15(12,19-2)11-6-7-13(16)14(17)9-11/h6-7,11-12,18H,3-5,8-10H2,1-2H3/t11?,12-,15+/m0/s1. The Balaban J connectivity index is 2.23. The lowest BCUT2D eigenvalue weighted by Crippen LogP contribution is -2.51. The van der Waals surface area contributed by atoms with E-state index in [2.05, 4.69) is 11.4 Å². The average molecular weight is 304 g/mol. The highest BCUT2D eigenvalue weighted by Gasteiger charge is 2.46. The average Bonchev–Trinajstić information content (AvgIpc) is 2.43. The predicted molar refractivity (Wildman–Crippen MR) is 81.6 cm³/mol. The molecule has 2 aliphatic rings. The van der Waals surface area contributed by atoms with E-state index in [4.69, 9.17) is 27.9 Å². The van der Waals surface area contributed by atoms with Gasteiger partial charge in [0.15, 0.2) is 0 Å². The van der Waals surface area contributed by atoms with Gasteiger partial charge in [0.2, 0.25) is 0 Å². The van der Waals surface area contributed by atoms with Crippen molar-refractivity contribution in [2.24, 2.45) is 11.8 Å². The molecule has 0 aromatic carbocycles. The molecule has 4 heteroatoms. The molecule has 0 aromatic heterocycles. The number of hydrogen-bond acceptors (Lipinski definition) is 2. The molecule has 3 atom stereocenters. The molecular weight excluding hydrogens is 281 g/mol. The fourth-order valence-electron chi connectivity index (χ4n) is 3.66. The lowest BCUT2D eigenvalue weighted by molar-refractivity contribution is -0.111. The van der Waals surface area contributed by atoms with Crippen molar-refractivity contribution >= 4 is 23.2 Å². The molecule has 2 aliphatic carbocycles. The van der Waals surface area contributed by atoms with E-state index in [-0.39, 0.29) is 5.60 Å². The first-order valence-corrected chi connectivity index (χ1v) is 7.81. The van der Waals surface area contributed by atoms with Gasteiger partial charge in [-0.15, -0.1) is 0 Å². The first-order valence-electron chi connectivity index (χ1n) is 7.06. The van der Waals surface area contributed by atoms with Gasteiger partial charge >= 0.3 is 0 Å². The second-order valence-corrected chi connectivity index (χ2v) is 6.45. The first kappa shape index (κ1) is 15.4. The Hall–Kier alpha value is -0.0200. The molecule has 108 valence electrons. The summed E-state index contributed by atoms with van der Waals surface area (Å²) in [6.07, 6.45) is 9.76. The zero-order valence-corrected chi connectivity index (χ0v) is 13.2. The predicted octanol–water partition coefficient (Wildman–Crippen LogP) is 4.05. The summed E-state index contributed by atoms with van der Waals surface area (Å²) in [7, 11) is 3.85. The van der Waals surface area contributed by atoms with Gasteiger partial charge < -0.3 is 10.1 Å². The van der Waals surface area contributed by atoms with E-state index in [0.717, 1.165) is 24.4 Å². The number of allylic oxidation sites excluding steroid dienone is 3. The fourth-order valence-corrected chi connectivity index (χ4v) is 4.03. The highest BCUT2D eigenvalue weighted by atomic mass is 35.5. The summed E-state index contributed by atoms with van der Waals surface area (Å²) < 4.78 is 6.05. The van der Waals surface area contributed by atoms with Crippen LogP contribution in [0, 0.1) is 11.8 Å². The van der Waals surface area contributed by atoms with E-state index < -0.39 is 0 Å². The van der Waals surface area contributed by atoms with Gasteiger partial charge in [-0.1, -0.05) is 42.1 Å². The van der Waals surface area contributed by atoms with Crippen LogP contribution in [0.5, 0.6) is 0 Å². The molecule has 0 amide bonds. The van der Waals surface area contributed by atoms with E-state index >= 15 is 0 Å². The number of rotatable bonds is 4. The minimum atomic E-state index is -0.102. The molecule has 0 heterocycles. The summed E-state index contributed by atoms with van der Waals surface area (Å²) in [5.74, 6) is 0.860. The third-order valence-electron chi connectivity index (χ3n) is 4.65. The van der Waals surface area contributed by atoms with Crippen molar-refractivity contribution in [3.05, 3.63) is 22.2 Å². The Morgan fingerprint density at radius 2 is 2.21 bits per heavy atom. The minimum Gasteiger partial charge on any atom is -0.377 e. The molecule has 0 bridgehead atoms. The van der Waals surface area contributed by atoms with E-state index in [1.54, 1.807) is 0 Å². The monoisotopic (exact) mass is 303 g/mol. The van der Waals surface area contributed by atoms with Gasteiger partial charge in [-0.2, -0.15) is 0 Å². The summed E-state index contributed by atoms with van der Waals surface area (Å²) in [6, 6.07) is 0. The third-order valence-corrected chi connectivity index (χ3v) is 5.46. The number of nitrogens with one attached hydrogen (secondary N) is 1. The summed E-state index contributed by atoms with van der Waals surface area (Å²) in [4.78, 5) is 0. The van der Waals surface area contributed by atoms with Gasteiger partial charge in [0, 0.05) is 30.5 Å². The number of hydrogen-bond donors (Lipinski definition) is 1. The summed E-state index contributed by atoms with van der Waals surface area (Å²) >= 11 is 12.3. The van der Waals surface area contributed by atoms with Gasteiger partial charge in [-0.05, 0) is 32.4 Å². The van der Waals surface area contributed by atoms with Gasteiger partial charge in [-0.3, -0.25) is 0 Å². The molecule has 0 aromatic rings. The maximum Gasteiger partial charge on any atom is 0.0784 e. The SMILES string of the molecule is CNC[C@@H]1CCCC[C@@]1(OC)C1C=CC(Cl)=C(Cl)C1. The highest BCUT2D eigenvalue weighted by Crippen LogP contribution is 2.46. The first-order chi connectivity index (χ1) is 9.14. The summed E-state index contributed by atoms with van der Waals surface area (Å²) in [5, 5.41) is 4.75. The molecule has 1 saturated carbocycles. The molecule has 0 spiro atoms. The van der Waals surface area contributed by atoms with Crippen molar-refractivity contribution in [1.82, 2.24) is 5.32 Å². The van der Waals surface area contributed by atoms with Crippen molar-refractivity contribution in [2.75, 3.05) is 20.7 Å². The molecule has 19 heavy (non-hydrogen) atoms. The van der Waals surface area contributed by atoms with Gasteiger partial charge in [0.25, 0.3) is 0 Å². The lowest BCUT2D eigenvalue weighted by Gasteiger charge is -2.48. The van der Waals surface area contributed by atoms with Crippen LogP contribution in [0.3, 0.4) is 0 Å². The van der Waals surface area contributed by atoms with Crippen LogP contribution in [0.25, 0.3) is 0 Å². The van der Waals surface area contributed by atoms with Gasteiger partial charge in [0.1, 0.15) is 0 Å². The topological polar surface area (TPSA) is 21.3 Å². The van der Waals surface area contributed by atoms with E-state index in [9.17, 15) is 0 Å². The van der Waals surface area contributed by atoms with Crippen molar-refractivity contribution in [3.63, 3.8) is 0 Å². The molecule has 1 N–H and O–H groups in total. The van der Waals surface area contributed by atoms with Crippen LogP contribution in [0.15, 0.2) is 22.2 Å². The van der Waals surface area contributed by atoms with Gasteiger partial charge in [-0.25, -0.2) is 0 Å². The third kappa shape index (κ3) is 3.02.